The third-order valence-electron chi connectivity index (χ3n) is 3.87. The Bertz CT molecular complexity index is 781. The number of aromatic nitrogens is 1. The molecule has 2 nitrogen and oxygen atoms in total. The molecule has 6 heteroatoms. The van der Waals surface area contributed by atoms with E-state index in [0.29, 0.717) is 10.8 Å². The molecule has 0 aliphatic carbocycles. The first-order valence-electron chi connectivity index (χ1n) is 7.64. The summed E-state index contributed by atoms with van der Waals surface area (Å²) in [5.74, 6) is 0.386. The molecule has 1 heterocycles. The number of pyridine rings is 1. The van der Waals surface area contributed by atoms with E-state index in [1.165, 1.54) is 23.9 Å². The molecule has 0 N–H and O–H groups in total. The van der Waals surface area contributed by atoms with E-state index in [2.05, 4.69) is 13.8 Å². The van der Waals surface area contributed by atoms with Gasteiger partial charge in [0.2, 0.25) is 5.43 Å². The van der Waals surface area contributed by atoms with Crippen LogP contribution < -0.4 is 5.43 Å². The maximum absolute atomic E-state index is 12.9. The molecule has 0 radical (unpaired) electrons. The van der Waals surface area contributed by atoms with E-state index in [0.717, 1.165) is 12.1 Å². The van der Waals surface area contributed by atoms with E-state index in [9.17, 15) is 18.0 Å². The summed E-state index contributed by atoms with van der Waals surface area (Å²) in [7, 11) is 1.76. The number of alkyl halides is 3. The molecule has 0 bridgehead atoms. The number of thioether (sulfide) groups is 1. The number of hydrogen-bond acceptors (Lipinski definition) is 2. The Morgan fingerprint density at radius 3 is 2.38 bits per heavy atom. The standard InChI is InChI=1S/C18H20F3NOS/c1-11(2)12(3)24-16-10-22(4)9-15(17(16)23)13-6-5-7-14(8-13)18(19,20)21/h5-12H,1-4H3. The minimum Gasteiger partial charge on any atom is -0.355 e. The largest absolute Gasteiger partial charge is 0.416 e. The van der Waals surface area contributed by atoms with Gasteiger partial charge in [-0.05, 0) is 23.6 Å². The van der Waals surface area contributed by atoms with Crippen LogP contribution in [0.4, 0.5) is 13.2 Å². The molecule has 0 aliphatic rings. The van der Waals surface area contributed by atoms with Gasteiger partial charge >= 0.3 is 6.18 Å². The van der Waals surface area contributed by atoms with Crippen molar-refractivity contribution in [2.24, 2.45) is 13.0 Å². The van der Waals surface area contributed by atoms with E-state index < -0.39 is 11.7 Å². The highest BCUT2D eigenvalue weighted by atomic mass is 32.2. The molecular weight excluding hydrogens is 335 g/mol. The molecule has 1 aromatic carbocycles. The second-order valence-electron chi connectivity index (χ2n) is 6.18. The van der Waals surface area contributed by atoms with Gasteiger partial charge in [0.05, 0.1) is 10.5 Å². The van der Waals surface area contributed by atoms with Gasteiger partial charge in [0.25, 0.3) is 0 Å². The summed E-state index contributed by atoms with van der Waals surface area (Å²) in [6.07, 6.45) is -1.13. The zero-order chi connectivity index (χ0) is 18.1. The van der Waals surface area contributed by atoms with Gasteiger partial charge in [0.1, 0.15) is 0 Å². The van der Waals surface area contributed by atoms with Crippen molar-refractivity contribution in [2.45, 2.75) is 37.1 Å². The number of benzene rings is 1. The van der Waals surface area contributed by atoms with E-state index in [1.807, 2.05) is 6.92 Å². The molecule has 0 saturated heterocycles. The van der Waals surface area contributed by atoms with Crippen molar-refractivity contribution >= 4 is 11.8 Å². The van der Waals surface area contributed by atoms with Crippen molar-refractivity contribution in [3.05, 3.63) is 52.4 Å². The highest BCUT2D eigenvalue weighted by molar-refractivity contribution is 7.99. The van der Waals surface area contributed by atoms with Gasteiger partial charge in [-0.15, -0.1) is 11.8 Å². The van der Waals surface area contributed by atoms with Crippen molar-refractivity contribution < 1.29 is 13.2 Å². The molecule has 2 rings (SSSR count). The number of rotatable bonds is 4. The van der Waals surface area contributed by atoms with E-state index in [1.54, 1.807) is 24.0 Å². The fraction of sp³-hybridized carbons (Fsp3) is 0.389. The molecule has 24 heavy (non-hydrogen) atoms. The molecule has 0 amide bonds. The van der Waals surface area contributed by atoms with Crippen LogP contribution in [0.3, 0.4) is 0 Å². The third kappa shape index (κ3) is 4.23. The molecule has 1 unspecified atom stereocenters. The van der Waals surface area contributed by atoms with Crippen molar-refractivity contribution in [3.63, 3.8) is 0 Å². The van der Waals surface area contributed by atoms with E-state index >= 15 is 0 Å². The summed E-state index contributed by atoms with van der Waals surface area (Å²) in [6, 6.07) is 4.89. The lowest BCUT2D eigenvalue weighted by Crippen LogP contribution is -2.15. The van der Waals surface area contributed by atoms with Crippen molar-refractivity contribution in [2.75, 3.05) is 0 Å². The smallest absolute Gasteiger partial charge is 0.355 e. The Labute approximate surface area is 143 Å². The summed E-state index contributed by atoms with van der Waals surface area (Å²) in [5, 5.41) is 0.231. The van der Waals surface area contributed by atoms with Crippen molar-refractivity contribution in [3.8, 4) is 11.1 Å². The highest BCUT2D eigenvalue weighted by Crippen LogP contribution is 2.32. The molecule has 0 saturated carbocycles. The zero-order valence-corrected chi connectivity index (χ0v) is 14.8. The van der Waals surface area contributed by atoms with E-state index in [4.69, 9.17) is 0 Å². The SMILES string of the molecule is CC(C)C(C)Sc1cn(C)cc(-c2cccc(C(F)(F)F)c2)c1=O. The quantitative estimate of drug-likeness (QED) is 0.703. The van der Waals surface area contributed by atoms with Crippen molar-refractivity contribution in [1.82, 2.24) is 4.57 Å². The Balaban J connectivity index is 2.52. The molecule has 130 valence electrons. The Morgan fingerprint density at radius 2 is 1.79 bits per heavy atom. The molecule has 2 aromatic rings. The topological polar surface area (TPSA) is 22.0 Å². The average Bonchev–Trinajstić information content (AvgIpc) is 2.49. The van der Waals surface area contributed by atoms with Crippen LogP contribution in [0.15, 0.2) is 46.3 Å². The fourth-order valence-electron chi connectivity index (χ4n) is 2.16. The first-order valence-corrected chi connectivity index (χ1v) is 8.52. The minimum absolute atomic E-state index is 0.231. The van der Waals surface area contributed by atoms with Crippen LogP contribution in [0, 0.1) is 5.92 Å². The normalized spacial score (nSPS) is 13.3. The lowest BCUT2D eigenvalue weighted by molar-refractivity contribution is -0.137. The maximum atomic E-state index is 12.9. The van der Waals surface area contributed by atoms with Gasteiger partial charge in [-0.3, -0.25) is 4.79 Å². The predicted octanol–water partition coefficient (Wildman–Crippen LogP) is 5.21. The lowest BCUT2D eigenvalue weighted by Gasteiger charge is -2.16. The molecule has 0 fully saturated rings. The number of aryl methyl sites for hydroxylation is 1. The van der Waals surface area contributed by atoms with Crippen LogP contribution in [-0.2, 0) is 13.2 Å². The third-order valence-corrected chi connectivity index (χ3v) is 5.34. The monoisotopic (exact) mass is 355 g/mol. The maximum Gasteiger partial charge on any atom is 0.416 e. The first-order chi connectivity index (χ1) is 11.1. The molecule has 0 aliphatic heterocycles. The fourth-order valence-corrected chi connectivity index (χ4v) is 3.28. The van der Waals surface area contributed by atoms with Gasteiger partial charge in [-0.2, -0.15) is 13.2 Å². The van der Waals surface area contributed by atoms with Crippen LogP contribution in [0.2, 0.25) is 0 Å². The lowest BCUT2D eigenvalue weighted by atomic mass is 10.0. The van der Waals surface area contributed by atoms with E-state index in [-0.39, 0.29) is 21.8 Å². The van der Waals surface area contributed by atoms with Gasteiger partial charge in [-0.1, -0.05) is 32.9 Å². The van der Waals surface area contributed by atoms with Crippen LogP contribution >= 0.6 is 11.8 Å². The summed E-state index contributed by atoms with van der Waals surface area (Å²) in [5.41, 5.74) is -0.421. The summed E-state index contributed by atoms with van der Waals surface area (Å²) in [4.78, 5) is 13.3. The average molecular weight is 355 g/mol. The highest BCUT2D eigenvalue weighted by Gasteiger charge is 2.30. The molecular formula is C18H20F3NOS. The van der Waals surface area contributed by atoms with Gasteiger partial charge in [0, 0.05) is 30.3 Å². The van der Waals surface area contributed by atoms with Crippen molar-refractivity contribution in [1.29, 1.82) is 0 Å². The second kappa shape index (κ2) is 7.05. The Kier molecular flexibility index (Phi) is 5.48. The number of hydrogen-bond donors (Lipinski definition) is 0. The molecule has 1 atom stereocenters. The predicted molar refractivity (Wildman–Crippen MR) is 92.3 cm³/mol. The van der Waals surface area contributed by atoms with Crippen LogP contribution in [0.5, 0.6) is 0 Å². The first kappa shape index (κ1) is 18.6. The second-order valence-corrected chi connectivity index (χ2v) is 7.60. The molecule has 0 spiro atoms. The van der Waals surface area contributed by atoms with Crippen LogP contribution in [-0.4, -0.2) is 9.82 Å². The Morgan fingerprint density at radius 1 is 1.12 bits per heavy atom. The minimum atomic E-state index is -4.43. The number of nitrogens with zero attached hydrogens (tertiary/aromatic N) is 1. The molecule has 1 aromatic heterocycles. The summed E-state index contributed by atoms with van der Waals surface area (Å²) in [6.45, 7) is 6.17. The van der Waals surface area contributed by atoms with Crippen LogP contribution in [0.25, 0.3) is 11.1 Å². The zero-order valence-electron chi connectivity index (χ0n) is 14.0. The summed E-state index contributed by atoms with van der Waals surface area (Å²) >= 11 is 1.46. The number of halogens is 3. The summed E-state index contributed by atoms with van der Waals surface area (Å²) < 4.78 is 40.5. The Hall–Kier alpha value is -1.69. The van der Waals surface area contributed by atoms with Gasteiger partial charge in [0.15, 0.2) is 0 Å². The van der Waals surface area contributed by atoms with Gasteiger partial charge < -0.3 is 4.57 Å². The van der Waals surface area contributed by atoms with Gasteiger partial charge in [-0.25, -0.2) is 0 Å². The van der Waals surface area contributed by atoms with Crippen LogP contribution in [0.1, 0.15) is 26.3 Å².